The number of aromatic nitrogens is 2. The quantitative estimate of drug-likeness (QED) is 0.831. The summed E-state index contributed by atoms with van der Waals surface area (Å²) in [5.41, 5.74) is 4.43. The molecule has 23 heavy (non-hydrogen) atoms. The van der Waals surface area contributed by atoms with Crippen LogP contribution in [0.5, 0.6) is 0 Å². The van der Waals surface area contributed by atoms with E-state index in [1.165, 1.54) is 0 Å². The fourth-order valence-corrected chi connectivity index (χ4v) is 3.49. The molecule has 2 heterocycles. The first kappa shape index (κ1) is 16.0. The first-order valence-corrected chi connectivity index (χ1v) is 8.10. The predicted molar refractivity (Wildman–Crippen MR) is 89.1 cm³/mol. The molecule has 0 aliphatic carbocycles. The highest BCUT2D eigenvalue weighted by atomic mass is 19.3. The van der Waals surface area contributed by atoms with Crippen molar-refractivity contribution in [1.82, 2.24) is 9.78 Å². The Morgan fingerprint density at radius 3 is 2.48 bits per heavy atom. The number of fused-ring (bicyclic) bond motifs is 1. The minimum Gasteiger partial charge on any atom is -0.369 e. The van der Waals surface area contributed by atoms with Crippen LogP contribution in [0, 0.1) is 6.92 Å². The zero-order chi connectivity index (χ0) is 16.7. The molecule has 0 amide bonds. The molecule has 0 N–H and O–H groups in total. The molecule has 5 heteroatoms. The third-order valence-electron chi connectivity index (χ3n) is 4.57. The van der Waals surface area contributed by atoms with Crippen molar-refractivity contribution in [2.45, 2.75) is 46.1 Å². The van der Waals surface area contributed by atoms with Crippen LogP contribution in [0.3, 0.4) is 0 Å². The van der Waals surface area contributed by atoms with Crippen molar-refractivity contribution in [2.24, 2.45) is 7.05 Å². The van der Waals surface area contributed by atoms with Gasteiger partial charge in [0, 0.05) is 42.6 Å². The van der Waals surface area contributed by atoms with Crippen molar-refractivity contribution < 1.29 is 8.78 Å². The molecule has 1 aliphatic rings. The van der Waals surface area contributed by atoms with E-state index < -0.39 is 6.43 Å². The average molecular weight is 319 g/mol. The Kier molecular flexibility index (Phi) is 4.13. The number of benzene rings is 1. The van der Waals surface area contributed by atoms with Crippen molar-refractivity contribution >= 4 is 5.69 Å². The van der Waals surface area contributed by atoms with E-state index in [0.29, 0.717) is 11.6 Å². The second-order valence-corrected chi connectivity index (χ2v) is 6.56. The zero-order valence-electron chi connectivity index (χ0n) is 14.1. The van der Waals surface area contributed by atoms with Crippen molar-refractivity contribution in [3.8, 4) is 11.1 Å². The second kappa shape index (κ2) is 5.95. The molecule has 1 aromatic carbocycles. The molecule has 124 valence electrons. The lowest BCUT2D eigenvalue weighted by molar-refractivity contribution is 0.152. The number of hydrogen-bond donors (Lipinski definition) is 0. The van der Waals surface area contributed by atoms with E-state index in [-0.39, 0.29) is 5.56 Å². The Morgan fingerprint density at radius 1 is 1.17 bits per heavy atom. The lowest BCUT2D eigenvalue weighted by Crippen LogP contribution is -2.35. The van der Waals surface area contributed by atoms with Crippen molar-refractivity contribution in [2.75, 3.05) is 11.4 Å². The molecular weight excluding hydrogens is 296 g/mol. The first-order valence-electron chi connectivity index (χ1n) is 8.10. The van der Waals surface area contributed by atoms with Gasteiger partial charge in [-0.25, -0.2) is 8.78 Å². The molecule has 0 atom stereocenters. The Labute approximate surface area is 135 Å². The van der Waals surface area contributed by atoms with Crippen molar-refractivity contribution in [1.29, 1.82) is 0 Å². The lowest BCUT2D eigenvalue weighted by Gasteiger charge is -2.35. The number of aryl methyl sites for hydroxylation is 3. The van der Waals surface area contributed by atoms with Gasteiger partial charge in [-0.15, -0.1) is 0 Å². The van der Waals surface area contributed by atoms with Crippen LogP contribution >= 0.6 is 0 Å². The standard InChI is InChI=1S/C18H23F2N3/c1-11(2)23-7-5-6-13-8-14(15(18(19)20)9-17(13)23)16-10-22(4)21-12(16)3/h8-11,18H,5-7H2,1-4H3. The van der Waals surface area contributed by atoms with Gasteiger partial charge in [-0.05, 0) is 56.9 Å². The number of nitrogens with zero attached hydrogens (tertiary/aromatic N) is 3. The zero-order valence-corrected chi connectivity index (χ0v) is 14.1. The van der Waals surface area contributed by atoms with Crippen LogP contribution in [-0.4, -0.2) is 22.4 Å². The Balaban J connectivity index is 2.19. The number of anilines is 1. The molecule has 2 aromatic rings. The summed E-state index contributed by atoms with van der Waals surface area (Å²) in [6.45, 7) is 7.01. The third kappa shape index (κ3) is 2.84. The van der Waals surface area contributed by atoms with Crippen molar-refractivity contribution in [3.63, 3.8) is 0 Å². The molecule has 0 fully saturated rings. The van der Waals surface area contributed by atoms with Crippen LogP contribution in [0.15, 0.2) is 18.3 Å². The van der Waals surface area contributed by atoms with Gasteiger partial charge in [0.25, 0.3) is 6.43 Å². The van der Waals surface area contributed by atoms with Gasteiger partial charge in [-0.3, -0.25) is 4.68 Å². The Bertz CT molecular complexity index is 719. The number of rotatable bonds is 3. The molecule has 0 unspecified atom stereocenters. The van der Waals surface area contributed by atoms with E-state index in [2.05, 4.69) is 23.8 Å². The van der Waals surface area contributed by atoms with E-state index in [4.69, 9.17) is 0 Å². The molecular formula is C18H23F2N3. The molecule has 1 aromatic heterocycles. The average Bonchev–Trinajstić information content (AvgIpc) is 2.83. The molecule has 0 saturated carbocycles. The van der Waals surface area contributed by atoms with Gasteiger partial charge >= 0.3 is 0 Å². The van der Waals surface area contributed by atoms with E-state index in [9.17, 15) is 8.78 Å². The van der Waals surface area contributed by atoms with Crippen LogP contribution < -0.4 is 4.90 Å². The van der Waals surface area contributed by atoms with Gasteiger partial charge in [-0.1, -0.05) is 0 Å². The highest BCUT2D eigenvalue weighted by Gasteiger charge is 2.25. The van der Waals surface area contributed by atoms with E-state index >= 15 is 0 Å². The van der Waals surface area contributed by atoms with Gasteiger partial charge < -0.3 is 4.90 Å². The third-order valence-corrected chi connectivity index (χ3v) is 4.57. The van der Waals surface area contributed by atoms with E-state index in [1.807, 2.05) is 26.2 Å². The Morgan fingerprint density at radius 2 is 1.91 bits per heavy atom. The van der Waals surface area contributed by atoms with Crippen LogP contribution in [0.4, 0.5) is 14.5 Å². The molecule has 3 rings (SSSR count). The molecule has 0 radical (unpaired) electrons. The first-order chi connectivity index (χ1) is 10.9. The normalized spacial score (nSPS) is 14.7. The summed E-state index contributed by atoms with van der Waals surface area (Å²) in [7, 11) is 1.82. The van der Waals surface area contributed by atoms with Gasteiger partial charge in [0.2, 0.25) is 0 Å². The minimum atomic E-state index is -2.49. The maximum atomic E-state index is 13.7. The summed E-state index contributed by atoms with van der Waals surface area (Å²) >= 11 is 0. The Hall–Kier alpha value is -1.91. The maximum Gasteiger partial charge on any atom is 0.264 e. The molecule has 1 aliphatic heterocycles. The SMILES string of the molecule is Cc1nn(C)cc1-c1cc2c(cc1C(F)F)N(C(C)C)CCC2. The summed E-state index contributed by atoms with van der Waals surface area (Å²) in [6, 6.07) is 3.96. The van der Waals surface area contributed by atoms with Gasteiger partial charge in [0.1, 0.15) is 0 Å². The number of alkyl halides is 2. The van der Waals surface area contributed by atoms with Crippen molar-refractivity contribution in [3.05, 3.63) is 35.2 Å². The predicted octanol–water partition coefficient (Wildman–Crippen LogP) is 4.49. The van der Waals surface area contributed by atoms with Gasteiger partial charge in [-0.2, -0.15) is 5.10 Å². The summed E-state index contributed by atoms with van der Waals surface area (Å²) < 4.78 is 29.1. The maximum absolute atomic E-state index is 13.7. The summed E-state index contributed by atoms with van der Waals surface area (Å²) in [5.74, 6) is 0. The molecule has 0 bridgehead atoms. The van der Waals surface area contributed by atoms with Crippen LogP contribution in [0.1, 0.15) is 43.5 Å². The molecule has 3 nitrogen and oxygen atoms in total. The van der Waals surface area contributed by atoms with Gasteiger partial charge in [0.15, 0.2) is 0 Å². The highest BCUT2D eigenvalue weighted by Crippen LogP contribution is 2.40. The second-order valence-electron chi connectivity index (χ2n) is 6.56. The minimum absolute atomic E-state index is 0.104. The van der Waals surface area contributed by atoms with E-state index in [0.717, 1.165) is 41.9 Å². The molecule has 0 saturated heterocycles. The largest absolute Gasteiger partial charge is 0.369 e. The number of halogens is 2. The topological polar surface area (TPSA) is 21.1 Å². The smallest absolute Gasteiger partial charge is 0.264 e. The highest BCUT2D eigenvalue weighted by molar-refractivity contribution is 5.75. The lowest BCUT2D eigenvalue weighted by atomic mass is 9.91. The van der Waals surface area contributed by atoms with Crippen LogP contribution in [0.25, 0.3) is 11.1 Å². The fourth-order valence-electron chi connectivity index (χ4n) is 3.49. The monoisotopic (exact) mass is 319 g/mol. The summed E-state index contributed by atoms with van der Waals surface area (Å²) in [5, 5.41) is 4.30. The van der Waals surface area contributed by atoms with Gasteiger partial charge in [0.05, 0.1) is 5.69 Å². The summed E-state index contributed by atoms with van der Waals surface area (Å²) in [4.78, 5) is 2.23. The van der Waals surface area contributed by atoms with Crippen LogP contribution in [0.2, 0.25) is 0 Å². The van der Waals surface area contributed by atoms with E-state index in [1.54, 1.807) is 10.7 Å². The summed E-state index contributed by atoms with van der Waals surface area (Å²) in [6.07, 6.45) is 1.33. The van der Waals surface area contributed by atoms with Crippen LogP contribution in [-0.2, 0) is 13.5 Å². The number of hydrogen-bond acceptors (Lipinski definition) is 2. The fraction of sp³-hybridized carbons (Fsp3) is 0.500. The molecule has 0 spiro atoms.